The number of amides is 1. The van der Waals surface area contributed by atoms with E-state index in [2.05, 4.69) is 15.6 Å². The molecule has 3 aromatic heterocycles. The van der Waals surface area contributed by atoms with Gasteiger partial charge < -0.3 is 9.84 Å². The highest BCUT2D eigenvalue weighted by Gasteiger charge is 2.23. The van der Waals surface area contributed by atoms with Crippen LogP contribution in [0.25, 0.3) is 0 Å². The van der Waals surface area contributed by atoms with Crippen LogP contribution >= 0.6 is 11.3 Å². The Morgan fingerprint density at radius 3 is 2.96 bits per heavy atom. The van der Waals surface area contributed by atoms with E-state index < -0.39 is 0 Å². The van der Waals surface area contributed by atoms with Crippen molar-refractivity contribution >= 4 is 17.2 Å². The van der Waals surface area contributed by atoms with E-state index in [1.807, 2.05) is 30.7 Å². The van der Waals surface area contributed by atoms with Crippen molar-refractivity contribution in [3.8, 4) is 0 Å². The first-order valence-corrected chi connectivity index (χ1v) is 10.3. The molecule has 28 heavy (non-hydrogen) atoms. The molecule has 4 heterocycles. The summed E-state index contributed by atoms with van der Waals surface area (Å²) in [5.41, 5.74) is 2.58. The van der Waals surface area contributed by atoms with Crippen LogP contribution in [-0.2, 0) is 30.7 Å². The lowest BCUT2D eigenvalue weighted by Gasteiger charge is -2.15. The van der Waals surface area contributed by atoms with Gasteiger partial charge in [0.2, 0.25) is 5.91 Å². The van der Waals surface area contributed by atoms with Gasteiger partial charge in [0, 0.05) is 24.6 Å². The highest BCUT2D eigenvalue weighted by molar-refractivity contribution is 7.08. The Morgan fingerprint density at radius 2 is 2.25 bits per heavy atom. The fourth-order valence-electron chi connectivity index (χ4n) is 3.61. The highest BCUT2D eigenvalue weighted by Crippen LogP contribution is 2.15. The number of nitrogens with zero attached hydrogens (tertiary/aromatic N) is 4. The lowest BCUT2D eigenvalue weighted by Crippen LogP contribution is -2.36. The molecule has 9 heteroatoms. The lowest BCUT2D eigenvalue weighted by atomic mass is 10.1. The Hall–Kier alpha value is -2.68. The van der Waals surface area contributed by atoms with Crippen molar-refractivity contribution in [2.75, 3.05) is 0 Å². The second-order valence-corrected chi connectivity index (χ2v) is 7.99. The van der Waals surface area contributed by atoms with Crippen molar-refractivity contribution < 1.29 is 9.32 Å². The molecular formula is C19H23N5O3S. The molecule has 1 aliphatic heterocycles. The summed E-state index contributed by atoms with van der Waals surface area (Å²) >= 11 is 1.59. The highest BCUT2D eigenvalue weighted by atomic mass is 32.1. The van der Waals surface area contributed by atoms with E-state index in [4.69, 9.17) is 4.52 Å². The van der Waals surface area contributed by atoms with Gasteiger partial charge in [-0.15, -0.1) is 0 Å². The smallest absolute Gasteiger partial charge is 0.346 e. The monoisotopic (exact) mass is 401 g/mol. The third kappa shape index (κ3) is 3.80. The van der Waals surface area contributed by atoms with Crippen LogP contribution in [0, 0.1) is 13.8 Å². The van der Waals surface area contributed by atoms with Gasteiger partial charge in [-0.05, 0) is 49.1 Å². The molecule has 0 saturated carbocycles. The van der Waals surface area contributed by atoms with Gasteiger partial charge in [0.1, 0.15) is 11.6 Å². The number of hydrogen-bond donors (Lipinski definition) is 1. The van der Waals surface area contributed by atoms with Gasteiger partial charge in [-0.25, -0.2) is 9.48 Å². The molecule has 0 radical (unpaired) electrons. The van der Waals surface area contributed by atoms with Crippen molar-refractivity contribution in [2.24, 2.45) is 0 Å². The van der Waals surface area contributed by atoms with Gasteiger partial charge in [0.25, 0.3) is 0 Å². The van der Waals surface area contributed by atoms with Gasteiger partial charge in [-0.3, -0.25) is 9.36 Å². The first-order chi connectivity index (χ1) is 13.5. The largest absolute Gasteiger partial charge is 0.361 e. The minimum atomic E-state index is -0.125. The topological polar surface area (TPSA) is 94.9 Å². The third-order valence-electron chi connectivity index (χ3n) is 5.22. The van der Waals surface area contributed by atoms with Crippen LogP contribution in [0.15, 0.2) is 26.1 Å². The molecule has 1 amide bonds. The predicted molar refractivity (Wildman–Crippen MR) is 104 cm³/mol. The quantitative estimate of drug-likeness (QED) is 0.704. The number of aromatic nitrogens is 4. The molecular weight excluding hydrogens is 378 g/mol. The van der Waals surface area contributed by atoms with Crippen molar-refractivity contribution in [1.29, 1.82) is 0 Å². The van der Waals surface area contributed by atoms with E-state index in [0.717, 1.165) is 35.5 Å². The van der Waals surface area contributed by atoms with Crippen molar-refractivity contribution in [2.45, 2.75) is 58.7 Å². The number of rotatable bonds is 5. The number of nitrogens with one attached hydrogen (secondary N) is 1. The first kappa shape index (κ1) is 18.7. The summed E-state index contributed by atoms with van der Waals surface area (Å²) in [6.07, 6.45) is 2.55. The zero-order valence-electron chi connectivity index (χ0n) is 16.0. The molecule has 0 saturated heterocycles. The van der Waals surface area contributed by atoms with Crippen LogP contribution in [0.5, 0.6) is 0 Å². The summed E-state index contributed by atoms with van der Waals surface area (Å²) in [5, 5.41) is 15.5. The molecule has 1 atom stereocenters. The summed E-state index contributed by atoms with van der Waals surface area (Å²) in [7, 11) is 0. The van der Waals surface area contributed by atoms with Crippen LogP contribution in [0.4, 0.5) is 0 Å². The molecule has 0 aliphatic carbocycles. The lowest BCUT2D eigenvalue weighted by molar-refractivity contribution is -0.121. The SMILES string of the molecule is Cc1noc(C)c1Cn1nc2n(c1=O)CCC(NC(=O)Cc1ccsc1)CC2. The number of thiophene rings is 1. The van der Waals surface area contributed by atoms with Crippen LogP contribution in [0.3, 0.4) is 0 Å². The van der Waals surface area contributed by atoms with Gasteiger partial charge in [-0.2, -0.15) is 16.4 Å². The molecule has 0 fully saturated rings. The van der Waals surface area contributed by atoms with Gasteiger partial charge >= 0.3 is 5.69 Å². The molecule has 1 N–H and O–H groups in total. The normalized spacial score (nSPS) is 16.6. The Labute approximate surface area is 166 Å². The van der Waals surface area contributed by atoms with E-state index in [-0.39, 0.29) is 17.6 Å². The number of carbonyl (C=O) groups excluding carboxylic acids is 1. The fourth-order valence-corrected chi connectivity index (χ4v) is 4.28. The molecule has 3 aromatic rings. The predicted octanol–water partition coefficient (Wildman–Crippen LogP) is 1.82. The van der Waals surface area contributed by atoms with E-state index in [1.165, 1.54) is 4.68 Å². The van der Waals surface area contributed by atoms with Gasteiger partial charge in [0.05, 0.1) is 18.7 Å². The molecule has 0 bridgehead atoms. The average molecular weight is 401 g/mol. The van der Waals surface area contributed by atoms with E-state index >= 15 is 0 Å². The molecule has 1 unspecified atom stereocenters. The maximum atomic E-state index is 12.8. The zero-order valence-corrected chi connectivity index (χ0v) is 16.8. The fraction of sp³-hybridized carbons (Fsp3) is 0.474. The van der Waals surface area contributed by atoms with Crippen LogP contribution in [-0.4, -0.2) is 31.5 Å². The molecule has 8 nitrogen and oxygen atoms in total. The average Bonchev–Trinajstić information content (AvgIpc) is 3.31. The summed E-state index contributed by atoms with van der Waals surface area (Å²) in [6.45, 7) is 4.62. The number of carbonyl (C=O) groups is 1. The van der Waals surface area contributed by atoms with E-state index in [0.29, 0.717) is 31.7 Å². The number of hydrogen-bond acceptors (Lipinski definition) is 6. The maximum Gasteiger partial charge on any atom is 0.346 e. The summed E-state index contributed by atoms with van der Waals surface area (Å²) in [6, 6.07) is 2.03. The summed E-state index contributed by atoms with van der Waals surface area (Å²) in [5.74, 6) is 1.51. The van der Waals surface area contributed by atoms with Crippen LogP contribution < -0.4 is 11.0 Å². The Kier molecular flexibility index (Phi) is 5.17. The first-order valence-electron chi connectivity index (χ1n) is 9.40. The second-order valence-electron chi connectivity index (χ2n) is 7.21. The second kappa shape index (κ2) is 7.75. The number of aryl methyl sites for hydroxylation is 3. The minimum absolute atomic E-state index is 0.0266. The van der Waals surface area contributed by atoms with Crippen molar-refractivity contribution in [1.82, 2.24) is 24.8 Å². The molecule has 0 aromatic carbocycles. The zero-order chi connectivity index (χ0) is 19.7. The van der Waals surface area contributed by atoms with Gasteiger partial charge in [-0.1, -0.05) is 5.16 Å². The van der Waals surface area contributed by atoms with E-state index in [9.17, 15) is 9.59 Å². The maximum absolute atomic E-state index is 12.8. The van der Waals surface area contributed by atoms with Crippen molar-refractivity contribution in [3.63, 3.8) is 0 Å². The third-order valence-corrected chi connectivity index (χ3v) is 5.95. The molecule has 148 valence electrons. The van der Waals surface area contributed by atoms with Crippen LogP contribution in [0.1, 0.15) is 41.2 Å². The Balaban J connectivity index is 1.41. The summed E-state index contributed by atoms with van der Waals surface area (Å²) < 4.78 is 8.39. The Morgan fingerprint density at radius 1 is 1.39 bits per heavy atom. The van der Waals surface area contributed by atoms with E-state index in [1.54, 1.807) is 15.9 Å². The molecule has 4 rings (SSSR count). The molecule has 0 spiro atoms. The number of fused-ring (bicyclic) bond motifs is 1. The summed E-state index contributed by atoms with van der Waals surface area (Å²) in [4.78, 5) is 25.0. The molecule has 1 aliphatic rings. The van der Waals surface area contributed by atoms with Crippen molar-refractivity contribution in [3.05, 3.63) is 55.7 Å². The minimum Gasteiger partial charge on any atom is -0.361 e. The Bertz CT molecular complexity index is 1010. The van der Waals surface area contributed by atoms with Gasteiger partial charge in [0.15, 0.2) is 0 Å². The standard InChI is InChI=1S/C19H23N5O3S/c1-12-16(13(2)27-22-12)10-24-19(26)23-7-5-15(3-4-17(23)21-24)20-18(25)9-14-6-8-28-11-14/h6,8,11,15H,3-5,7,9-10H2,1-2H3,(H,20,25). The van der Waals surface area contributed by atoms with Crippen LogP contribution in [0.2, 0.25) is 0 Å².